The van der Waals surface area contributed by atoms with Crippen LogP contribution in [-0.4, -0.2) is 44.2 Å². The molecule has 1 aliphatic rings. The topological polar surface area (TPSA) is 24.5 Å². The molecule has 1 heterocycles. The largest absolute Gasteiger partial charge is 0.497 e. The van der Waals surface area contributed by atoms with Gasteiger partial charge < -0.3 is 10.1 Å². The molecule has 1 saturated heterocycles. The summed E-state index contributed by atoms with van der Waals surface area (Å²) in [5, 5.41) is 3.46. The van der Waals surface area contributed by atoms with Crippen molar-refractivity contribution in [2.45, 2.75) is 25.8 Å². The molecule has 3 heteroatoms. The lowest BCUT2D eigenvalue weighted by atomic mass is 10.1. The lowest BCUT2D eigenvalue weighted by molar-refractivity contribution is 0.223. The average Bonchev–Trinajstić information content (AvgIpc) is 2.61. The summed E-state index contributed by atoms with van der Waals surface area (Å²) in [5.74, 6) is 0.957. The third-order valence-corrected chi connectivity index (χ3v) is 3.76. The second-order valence-electron chi connectivity index (χ2n) is 5.03. The first-order chi connectivity index (χ1) is 8.79. The summed E-state index contributed by atoms with van der Waals surface area (Å²) < 4.78 is 5.26. The van der Waals surface area contributed by atoms with Crippen LogP contribution < -0.4 is 10.1 Å². The van der Waals surface area contributed by atoms with Crippen LogP contribution in [0.4, 0.5) is 0 Å². The Labute approximate surface area is 110 Å². The van der Waals surface area contributed by atoms with Crippen LogP contribution in [0, 0.1) is 0 Å². The molecule has 1 aromatic rings. The molecule has 0 aromatic heterocycles. The second-order valence-corrected chi connectivity index (χ2v) is 5.03. The van der Waals surface area contributed by atoms with Gasteiger partial charge in [0, 0.05) is 25.7 Å². The summed E-state index contributed by atoms with van der Waals surface area (Å²) in [5.41, 5.74) is 1.36. The number of hydrogen-bond donors (Lipinski definition) is 1. The molecule has 0 radical (unpaired) electrons. The van der Waals surface area contributed by atoms with Crippen molar-refractivity contribution in [1.29, 1.82) is 0 Å². The van der Waals surface area contributed by atoms with Gasteiger partial charge in [-0.3, -0.25) is 4.90 Å². The van der Waals surface area contributed by atoms with Crippen molar-refractivity contribution in [2.75, 3.05) is 33.3 Å². The zero-order chi connectivity index (χ0) is 12.8. The normalized spacial score (nSPS) is 21.6. The maximum Gasteiger partial charge on any atom is 0.119 e. The Bertz CT molecular complexity index is 367. The first kappa shape index (κ1) is 13.4. The molecule has 0 bridgehead atoms. The maximum absolute atomic E-state index is 5.26. The number of nitrogens with zero attached hydrogens (tertiary/aromatic N) is 1. The SMILES string of the molecule is COc1cccc(CCN2CCNCCC2C)c1. The lowest BCUT2D eigenvalue weighted by Gasteiger charge is -2.26. The van der Waals surface area contributed by atoms with Gasteiger partial charge in [0.25, 0.3) is 0 Å². The minimum atomic E-state index is 0.686. The summed E-state index contributed by atoms with van der Waals surface area (Å²) in [6.07, 6.45) is 2.35. The van der Waals surface area contributed by atoms with Gasteiger partial charge in [-0.1, -0.05) is 12.1 Å². The average molecular weight is 248 g/mol. The molecular weight excluding hydrogens is 224 g/mol. The van der Waals surface area contributed by atoms with Gasteiger partial charge in [-0.05, 0) is 44.0 Å². The van der Waals surface area contributed by atoms with Gasteiger partial charge in [0.05, 0.1) is 7.11 Å². The fraction of sp³-hybridized carbons (Fsp3) is 0.600. The molecule has 0 aliphatic carbocycles. The van der Waals surface area contributed by atoms with Gasteiger partial charge in [-0.2, -0.15) is 0 Å². The highest BCUT2D eigenvalue weighted by Crippen LogP contribution is 2.14. The van der Waals surface area contributed by atoms with Crippen LogP contribution in [-0.2, 0) is 6.42 Å². The zero-order valence-electron chi connectivity index (χ0n) is 11.5. The van der Waals surface area contributed by atoms with Crippen molar-refractivity contribution in [2.24, 2.45) is 0 Å². The molecule has 1 N–H and O–H groups in total. The van der Waals surface area contributed by atoms with E-state index >= 15 is 0 Å². The summed E-state index contributed by atoms with van der Waals surface area (Å²) in [6, 6.07) is 9.08. The number of nitrogens with one attached hydrogen (secondary N) is 1. The summed E-state index contributed by atoms with van der Waals surface area (Å²) in [7, 11) is 1.72. The van der Waals surface area contributed by atoms with Crippen molar-refractivity contribution < 1.29 is 4.74 Å². The number of rotatable bonds is 4. The highest BCUT2D eigenvalue weighted by atomic mass is 16.5. The Balaban J connectivity index is 1.89. The van der Waals surface area contributed by atoms with Gasteiger partial charge in [-0.15, -0.1) is 0 Å². The van der Waals surface area contributed by atoms with Crippen LogP contribution in [0.1, 0.15) is 18.9 Å². The third-order valence-electron chi connectivity index (χ3n) is 3.76. The monoisotopic (exact) mass is 248 g/mol. The fourth-order valence-corrected chi connectivity index (χ4v) is 2.49. The van der Waals surface area contributed by atoms with Gasteiger partial charge in [-0.25, -0.2) is 0 Å². The number of methoxy groups -OCH3 is 1. The van der Waals surface area contributed by atoms with E-state index in [0.717, 1.165) is 38.3 Å². The van der Waals surface area contributed by atoms with E-state index in [2.05, 4.69) is 35.3 Å². The van der Waals surface area contributed by atoms with Crippen LogP contribution in [0.15, 0.2) is 24.3 Å². The Hall–Kier alpha value is -1.06. The van der Waals surface area contributed by atoms with Crippen molar-refractivity contribution in [1.82, 2.24) is 10.2 Å². The molecule has 1 fully saturated rings. The van der Waals surface area contributed by atoms with Crippen LogP contribution in [0.25, 0.3) is 0 Å². The molecule has 2 rings (SSSR count). The van der Waals surface area contributed by atoms with E-state index in [1.54, 1.807) is 7.11 Å². The van der Waals surface area contributed by atoms with Crippen molar-refractivity contribution in [3.63, 3.8) is 0 Å². The molecule has 18 heavy (non-hydrogen) atoms. The Morgan fingerprint density at radius 2 is 2.28 bits per heavy atom. The van der Waals surface area contributed by atoms with Crippen LogP contribution in [0.5, 0.6) is 5.75 Å². The molecule has 0 spiro atoms. The zero-order valence-corrected chi connectivity index (χ0v) is 11.5. The summed E-state index contributed by atoms with van der Waals surface area (Å²) >= 11 is 0. The van der Waals surface area contributed by atoms with Crippen molar-refractivity contribution in [3.05, 3.63) is 29.8 Å². The summed E-state index contributed by atoms with van der Waals surface area (Å²) in [4.78, 5) is 2.58. The molecule has 0 amide bonds. The van der Waals surface area contributed by atoms with Crippen molar-refractivity contribution in [3.8, 4) is 5.75 Å². The van der Waals surface area contributed by atoms with E-state index in [1.807, 2.05) is 6.07 Å². The molecule has 1 atom stereocenters. The van der Waals surface area contributed by atoms with E-state index in [4.69, 9.17) is 4.74 Å². The minimum absolute atomic E-state index is 0.686. The smallest absolute Gasteiger partial charge is 0.119 e. The first-order valence-corrected chi connectivity index (χ1v) is 6.87. The van der Waals surface area contributed by atoms with Gasteiger partial charge >= 0.3 is 0 Å². The molecule has 1 unspecified atom stereocenters. The first-order valence-electron chi connectivity index (χ1n) is 6.87. The lowest BCUT2D eigenvalue weighted by Crippen LogP contribution is -2.35. The Morgan fingerprint density at radius 3 is 3.11 bits per heavy atom. The van der Waals surface area contributed by atoms with Crippen LogP contribution >= 0.6 is 0 Å². The molecule has 3 nitrogen and oxygen atoms in total. The Kier molecular flexibility index (Phi) is 5.02. The number of ether oxygens (including phenoxy) is 1. The molecular formula is C15H24N2O. The molecule has 1 aromatic carbocycles. The molecule has 0 saturated carbocycles. The van der Waals surface area contributed by atoms with Gasteiger partial charge in [0.2, 0.25) is 0 Å². The number of benzene rings is 1. The maximum atomic E-state index is 5.26. The fourth-order valence-electron chi connectivity index (χ4n) is 2.49. The third kappa shape index (κ3) is 3.72. The Morgan fingerprint density at radius 1 is 1.39 bits per heavy atom. The van der Waals surface area contributed by atoms with E-state index in [9.17, 15) is 0 Å². The predicted octanol–water partition coefficient (Wildman–Crippen LogP) is 1.92. The van der Waals surface area contributed by atoms with E-state index in [1.165, 1.54) is 12.0 Å². The van der Waals surface area contributed by atoms with E-state index in [0.29, 0.717) is 6.04 Å². The van der Waals surface area contributed by atoms with Crippen LogP contribution in [0.3, 0.4) is 0 Å². The predicted molar refractivity (Wildman–Crippen MR) is 75.2 cm³/mol. The van der Waals surface area contributed by atoms with E-state index in [-0.39, 0.29) is 0 Å². The van der Waals surface area contributed by atoms with Crippen LogP contribution in [0.2, 0.25) is 0 Å². The summed E-state index contributed by atoms with van der Waals surface area (Å²) in [6.45, 7) is 6.89. The van der Waals surface area contributed by atoms with Gasteiger partial charge in [0.1, 0.15) is 5.75 Å². The standard InChI is InChI=1S/C15H24N2O/c1-13-6-8-16-9-11-17(13)10-7-14-4-3-5-15(12-14)18-2/h3-5,12-13,16H,6-11H2,1-2H3. The highest BCUT2D eigenvalue weighted by molar-refractivity contribution is 5.28. The van der Waals surface area contributed by atoms with Gasteiger partial charge in [0.15, 0.2) is 0 Å². The number of hydrogen-bond acceptors (Lipinski definition) is 3. The highest BCUT2D eigenvalue weighted by Gasteiger charge is 2.15. The second kappa shape index (κ2) is 6.76. The minimum Gasteiger partial charge on any atom is -0.497 e. The quantitative estimate of drug-likeness (QED) is 0.881. The van der Waals surface area contributed by atoms with Crippen molar-refractivity contribution >= 4 is 0 Å². The molecule has 1 aliphatic heterocycles. The van der Waals surface area contributed by atoms with E-state index < -0.39 is 0 Å². The molecule has 100 valence electrons.